The van der Waals surface area contributed by atoms with Crippen LogP contribution >= 0.6 is 22.9 Å². The van der Waals surface area contributed by atoms with Gasteiger partial charge in [0.2, 0.25) is 0 Å². The average Bonchev–Trinajstić information content (AvgIpc) is 2.43. The maximum Gasteiger partial charge on any atom is 0.151 e. The van der Waals surface area contributed by atoms with Crippen LogP contribution in [0.1, 0.15) is 10.4 Å². The molecule has 4 heteroatoms. The number of hydrogen-bond acceptors (Lipinski definition) is 3. The predicted octanol–water partition coefficient (Wildman–Crippen LogP) is 3.07. The lowest BCUT2D eigenvalue weighted by atomic mass is 10.2. The highest BCUT2D eigenvalue weighted by Crippen LogP contribution is 2.33. The second kappa shape index (κ2) is 3.01. The van der Waals surface area contributed by atoms with Gasteiger partial charge in [0.1, 0.15) is 5.75 Å². The van der Waals surface area contributed by atoms with Crippen molar-refractivity contribution >= 4 is 39.3 Å². The third-order valence-electron chi connectivity index (χ3n) is 1.73. The van der Waals surface area contributed by atoms with Gasteiger partial charge in [-0.1, -0.05) is 11.6 Å². The highest BCUT2D eigenvalue weighted by molar-refractivity contribution is 7.23. The van der Waals surface area contributed by atoms with Crippen molar-refractivity contribution in [3.8, 4) is 5.75 Å². The molecular formula is C9H5ClO2S. The van der Waals surface area contributed by atoms with Gasteiger partial charge in [-0.15, -0.1) is 11.3 Å². The van der Waals surface area contributed by atoms with Gasteiger partial charge >= 0.3 is 0 Å². The molecule has 0 atom stereocenters. The molecule has 1 heterocycles. The average molecular weight is 213 g/mol. The molecule has 0 spiro atoms. The second-order valence-electron chi connectivity index (χ2n) is 2.62. The molecule has 66 valence electrons. The van der Waals surface area contributed by atoms with Crippen LogP contribution in [0.3, 0.4) is 0 Å². The first-order chi connectivity index (χ1) is 6.20. The van der Waals surface area contributed by atoms with Crippen LogP contribution in [0.25, 0.3) is 10.1 Å². The van der Waals surface area contributed by atoms with Crippen LogP contribution in [-0.4, -0.2) is 11.4 Å². The number of carbonyl (C=O) groups excluding carboxylic acids is 1. The Hall–Kier alpha value is -1.06. The van der Waals surface area contributed by atoms with E-state index in [1.165, 1.54) is 17.4 Å². The van der Waals surface area contributed by atoms with E-state index in [0.29, 0.717) is 9.90 Å². The van der Waals surface area contributed by atoms with Crippen molar-refractivity contribution in [2.45, 2.75) is 0 Å². The molecule has 0 amide bonds. The van der Waals surface area contributed by atoms with Crippen molar-refractivity contribution in [2.24, 2.45) is 0 Å². The van der Waals surface area contributed by atoms with E-state index in [2.05, 4.69) is 0 Å². The topological polar surface area (TPSA) is 37.3 Å². The van der Waals surface area contributed by atoms with Gasteiger partial charge in [-0.25, -0.2) is 0 Å². The summed E-state index contributed by atoms with van der Waals surface area (Å²) in [6.07, 6.45) is 0.717. The summed E-state index contributed by atoms with van der Waals surface area (Å²) in [5.74, 6) is 0.0871. The Morgan fingerprint density at radius 1 is 1.38 bits per heavy atom. The lowest BCUT2D eigenvalue weighted by molar-refractivity contribution is 0.112. The van der Waals surface area contributed by atoms with Gasteiger partial charge in [0, 0.05) is 10.3 Å². The molecule has 0 aliphatic carbocycles. The third kappa shape index (κ3) is 1.41. The summed E-state index contributed by atoms with van der Waals surface area (Å²) in [5.41, 5.74) is 0.479. The van der Waals surface area contributed by atoms with E-state index in [1.54, 1.807) is 12.1 Å². The summed E-state index contributed by atoms with van der Waals surface area (Å²) in [6.45, 7) is 0. The Morgan fingerprint density at radius 2 is 2.15 bits per heavy atom. The van der Waals surface area contributed by atoms with Crippen LogP contribution in [0.15, 0.2) is 18.2 Å². The number of rotatable bonds is 1. The smallest absolute Gasteiger partial charge is 0.151 e. The zero-order chi connectivity index (χ0) is 9.42. The monoisotopic (exact) mass is 212 g/mol. The van der Waals surface area contributed by atoms with Crippen LogP contribution in [0, 0.1) is 0 Å². The molecule has 0 saturated heterocycles. The van der Waals surface area contributed by atoms with E-state index in [-0.39, 0.29) is 5.75 Å². The van der Waals surface area contributed by atoms with E-state index in [4.69, 9.17) is 11.6 Å². The Labute approximate surface area is 83.4 Å². The molecule has 0 bridgehead atoms. The van der Waals surface area contributed by atoms with Crippen molar-refractivity contribution < 1.29 is 9.90 Å². The number of phenolic OH excluding ortho intramolecular Hbond substituents is 1. The van der Waals surface area contributed by atoms with E-state index in [0.717, 1.165) is 16.4 Å². The standard InChI is InChI=1S/C9H5ClO2S/c10-8-3-5-1-7(12)2-6(4-11)9(5)13-8/h1-4,12H. The molecule has 1 aromatic carbocycles. The van der Waals surface area contributed by atoms with E-state index in [1.807, 2.05) is 0 Å². The van der Waals surface area contributed by atoms with Gasteiger partial charge in [-0.2, -0.15) is 0 Å². The quantitative estimate of drug-likeness (QED) is 0.738. The van der Waals surface area contributed by atoms with Crippen molar-refractivity contribution in [3.63, 3.8) is 0 Å². The van der Waals surface area contributed by atoms with E-state index in [9.17, 15) is 9.90 Å². The summed E-state index contributed by atoms with van der Waals surface area (Å²) in [5, 5.41) is 10.1. The van der Waals surface area contributed by atoms with Crippen molar-refractivity contribution in [3.05, 3.63) is 28.1 Å². The molecule has 0 fully saturated rings. The van der Waals surface area contributed by atoms with E-state index < -0.39 is 0 Å². The molecule has 0 radical (unpaired) electrons. The van der Waals surface area contributed by atoms with Gasteiger partial charge in [0.05, 0.1) is 4.34 Å². The van der Waals surface area contributed by atoms with Crippen molar-refractivity contribution in [1.82, 2.24) is 0 Å². The Bertz CT molecular complexity index is 476. The molecule has 1 N–H and O–H groups in total. The minimum atomic E-state index is 0.0871. The number of aromatic hydroxyl groups is 1. The van der Waals surface area contributed by atoms with Crippen molar-refractivity contribution in [2.75, 3.05) is 0 Å². The molecule has 2 nitrogen and oxygen atoms in total. The summed E-state index contributed by atoms with van der Waals surface area (Å²) < 4.78 is 1.43. The molecule has 0 aliphatic rings. The fourth-order valence-electron chi connectivity index (χ4n) is 1.22. The van der Waals surface area contributed by atoms with Gasteiger partial charge in [-0.3, -0.25) is 4.79 Å². The van der Waals surface area contributed by atoms with Crippen molar-refractivity contribution in [1.29, 1.82) is 0 Å². The molecule has 0 saturated carbocycles. The van der Waals surface area contributed by atoms with Gasteiger partial charge < -0.3 is 5.11 Å². The fraction of sp³-hybridized carbons (Fsp3) is 0. The van der Waals surface area contributed by atoms with E-state index >= 15 is 0 Å². The number of thiophene rings is 1. The van der Waals surface area contributed by atoms with Crippen LogP contribution in [0.4, 0.5) is 0 Å². The first-order valence-corrected chi connectivity index (χ1v) is 4.77. The predicted molar refractivity (Wildman–Crippen MR) is 53.9 cm³/mol. The largest absolute Gasteiger partial charge is 0.508 e. The Balaban J connectivity index is 2.88. The molecule has 2 aromatic rings. The number of hydrogen-bond donors (Lipinski definition) is 1. The maximum absolute atomic E-state index is 10.6. The molecule has 0 unspecified atom stereocenters. The zero-order valence-electron chi connectivity index (χ0n) is 6.45. The number of phenols is 1. The van der Waals surface area contributed by atoms with Crippen LogP contribution in [0.2, 0.25) is 4.34 Å². The summed E-state index contributed by atoms with van der Waals surface area (Å²) >= 11 is 7.12. The Morgan fingerprint density at radius 3 is 2.85 bits per heavy atom. The fourth-order valence-corrected chi connectivity index (χ4v) is 2.41. The lowest BCUT2D eigenvalue weighted by Gasteiger charge is -1.95. The zero-order valence-corrected chi connectivity index (χ0v) is 8.02. The summed E-state index contributed by atoms with van der Waals surface area (Å²) in [7, 11) is 0. The summed E-state index contributed by atoms with van der Waals surface area (Å²) in [4.78, 5) is 10.6. The maximum atomic E-state index is 10.6. The lowest BCUT2D eigenvalue weighted by Crippen LogP contribution is -1.78. The van der Waals surface area contributed by atoms with Gasteiger partial charge in [-0.05, 0) is 23.6 Å². The molecule has 0 aliphatic heterocycles. The number of benzene rings is 1. The van der Waals surface area contributed by atoms with Crippen LogP contribution in [-0.2, 0) is 0 Å². The normalized spacial score (nSPS) is 10.5. The molecular weight excluding hydrogens is 208 g/mol. The number of aldehydes is 1. The minimum absolute atomic E-state index is 0.0871. The number of halogens is 1. The third-order valence-corrected chi connectivity index (χ3v) is 3.06. The minimum Gasteiger partial charge on any atom is -0.508 e. The summed E-state index contributed by atoms with van der Waals surface area (Å²) in [6, 6.07) is 4.75. The van der Waals surface area contributed by atoms with Gasteiger partial charge in [0.15, 0.2) is 6.29 Å². The van der Waals surface area contributed by atoms with Crippen LogP contribution < -0.4 is 0 Å². The molecule has 13 heavy (non-hydrogen) atoms. The number of carbonyl (C=O) groups is 1. The first-order valence-electron chi connectivity index (χ1n) is 3.58. The molecule has 2 rings (SSSR count). The first kappa shape index (κ1) is 8.53. The molecule has 1 aromatic heterocycles. The second-order valence-corrected chi connectivity index (χ2v) is 4.31. The highest BCUT2D eigenvalue weighted by atomic mass is 35.5. The van der Waals surface area contributed by atoms with Gasteiger partial charge in [0.25, 0.3) is 0 Å². The SMILES string of the molecule is O=Cc1cc(O)cc2cc(Cl)sc12. The number of fused-ring (bicyclic) bond motifs is 1. The Kier molecular flexibility index (Phi) is 1.98. The highest BCUT2D eigenvalue weighted by Gasteiger charge is 2.06. The van der Waals surface area contributed by atoms with Crippen LogP contribution in [0.5, 0.6) is 5.75 Å².